The second kappa shape index (κ2) is 7.17. The Morgan fingerprint density at radius 3 is 2.92 bits per heavy atom. The monoisotopic (exact) mass is 342 g/mol. The van der Waals surface area contributed by atoms with Gasteiger partial charge in [-0.05, 0) is 37.8 Å². The fourth-order valence-corrected chi connectivity index (χ4v) is 3.84. The summed E-state index contributed by atoms with van der Waals surface area (Å²) >= 11 is 1.60. The van der Waals surface area contributed by atoms with E-state index in [0.29, 0.717) is 0 Å². The molecule has 6 nitrogen and oxygen atoms in total. The number of anilines is 2. The zero-order valence-corrected chi connectivity index (χ0v) is 14.5. The van der Waals surface area contributed by atoms with E-state index in [1.807, 2.05) is 12.3 Å². The van der Waals surface area contributed by atoms with Crippen LogP contribution >= 0.6 is 11.3 Å². The first-order valence-electron chi connectivity index (χ1n) is 8.61. The summed E-state index contributed by atoms with van der Waals surface area (Å²) in [6, 6.07) is 4.11. The lowest BCUT2D eigenvalue weighted by Gasteiger charge is -2.29. The van der Waals surface area contributed by atoms with Gasteiger partial charge in [0.25, 0.3) is 0 Å². The van der Waals surface area contributed by atoms with Crippen molar-refractivity contribution in [1.29, 1.82) is 0 Å². The van der Waals surface area contributed by atoms with E-state index in [-0.39, 0.29) is 0 Å². The number of nitrogens with one attached hydrogen (secondary N) is 2. The van der Waals surface area contributed by atoms with Crippen LogP contribution < -0.4 is 15.5 Å². The Kier molecular flexibility index (Phi) is 4.60. The molecule has 0 saturated carbocycles. The lowest BCUT2D eigenvalue weighted by molar-refractivity contribution is 0.574. The summed E-state index contributed by atoms with van der Waals surface area (Å²) in [7, 11) is 0. The van der Waals surface area contributed by atoms with Gasteiger partial charge in [0.2, 0.25) is 0 Å². The van der Waals surface area contributed by atoms with Crippen molar-refractivity contribution in [3.63, 3.8) is 0 Å². The minimum absolute atomic E-state index is 0.824. The molecule has 2 aromatic rings. The van der Waals surface area contributed by atoms with Crippen molar-refractivity contribution in [2.75, 3.05) is 36.4 Å². The number of hydrogen-bond acceptors (Lipinski definition) is 7. The Morgan fingerprint density at radius 1 is 1.17 bits per heavy atom. The summed E-state index contributed by atoms with van der Waals surface area (Å²) in [5.41, 5.74) is 2.09. The average molecular weight is 342 g/mol. The maximum atomic E-state index is 4.75. The van der Waals surface area contributed by atoms with Gasteiger partial charge in [0.1, 0.15) is 5.82 Å². The van der Waals surface area contributed by atoms with Crippen LogP contribution in [0.2, 0.25) is 0 Å². The molecular weight excluding hydrogens is 320 g/mol. The molecule has 1 fully saturated rings. The van der Waals surface area contributed by atoms with E-state index in [1.54, 1.807) is 11.3 Å². The minimum Gasteiger partial charge on any atom is -0.356 e. The normalized spacial score (nSPS) is 18.0. The van der Waals surface area contributed by atoms with Gasteiger partial charge in [-0.1, -0.05) is 0 Å². The van der Waals surface area contributed by atoms with Gasteiger partial charge >= 0.3 is 0 Å². The summed E-state index contributed by atoms with van der Waals surface area (Å²) in [6.07, 6.45) is 6.76. The molecule has 0 spiro atoms. The Bertz CT molecular complexity index is 719. The Morgan fingerprint density at radius 2 is 2.08 bits per heavy atom. The molecule has 2 aliphatic rings. The number of guanidine groups is 1. The van der Waals surface area contributed by atoms with Crippen molar-refractivity contribution in [3.05, 3.63) is 23.7 Å². The van der Waals surface area contributed by atoms with Crippen LogP contribution in [0, 0.1) is 0 Å². The summed E-state index contributed by atoms with van der Waals surface area (Å²) in [6.45, 7) is 4.00. The molecule has 2 aromatic heterocycles. The van der Waals surface area contributed by atoms with Crippen LogP contribution in [0.5, 0.6) is 0 Å². The van der Waals surface area contributed by atoms with Gasteiger partial charge in [-0.15, -0.1) is 11.3 Å². The van der Waals surface area contributed by atoms with E-state index < -0.39 is 0 Å². The highest BCUT2D eigenvalue weighted by atomic mass is 32.1. The van der Waals surface area contributed by atoms with Crippen molar-refractivity contribution in [2.24, 2.45) is 4.99 Å². The quantitative estimate of drug-likeness (QED) is 0.898. The fraction of sp³-hybridized carbons (Fsp3) is 0.471. The van der Waals surface area contributed by atoms with Crippen LogP contribution in [0.4, 0.5) is 10.9 Å². The molecule has 0 atom stereocenters. The van der Waals surface area contributed by atoms with Gasteiger partial charge < -0.3 is 15.5 Å². The molecule has 0 radical (unpaired) electrons. The Labute approximate surface area is 146 Å². The highest BCUT2D eigenvalue weighted by Crippen LogP contribution is 2.32. The lowest BCUT2D eigenvalue weighted by atomic mass is 10.1. The molecule has 0 aliphatic carbocycles. The van der Waals surface area contributed by atoms with Crippen molar-refractivity contribution in [1.82, 2.24) is 15.3 Å². The molecule has 0 bridgehead atoms. The number of piperidine rings is 1. The van der Waals surface area contributed by atoms with E-state index >= 15 is 0 Å². The van der Waals surface area contributed by atoms with Gasteiger partial charge in [0.05, 0.1) is 5.69 Å². The number of pyridine rings is 1. The van der Waals surface area contributed by atoms with E-state index in [0.717, 1.165) is 60.8 Å². The summed E-state index contributed by atoms with van der Waals surface area (Å²) in [4.78, 5) is 16.2. The third kappa shape index (κ3) is 3.36. The topological polar surface area (TPSA) is 65.4 Å². The van der Waals surface area contributed by atoms with Crippen LogP contribution in [0.15, 0.2) is 28.7 Å². The SMILES string of the molecule is c1cnc(N2CCCCC2)c(-c2csc(NC3=NCCCN3)n2)c1. The summed E-state index contributed by atoms with van der Waals surface area (Å²) in [5, 5.41) is 9.51. The fourth-order valence-electron chi connectivity index (χ4n) is 3.13. The molecule has 1 saturated heterocycles. The lowest BCUT2D eigenvalue weighted by Crippen LogP contribution is -2.35. The number of nitrogens with zero attached hydrogens (tertiary/aromatic N) is 4. The largest absolute Gasteiger partial charge is 0.356 e. The van der Waals surface area contributed by atoms with Gasteiger partial charge in [0, 0.05) is 43.3 Å². The molecule has 24 heavy (non-hydrogen) atoms. The Balaban J connectivity index is 1.56. The molecule has 7 heteroatoms. The van der Waals surface area contributed by atoms with Crippen LogP contribution in [0.3, 0.4) is 0 Å². The van der Waals surface area contributed by atoms with Crippen molar-refractivity contribution in [2.45, 2.75) is 25.7 Å². The van der Waals surface area contributed by atoms with Gasteiger partial charge in [-0.25, -0.2) is 9.97 Å². The maximum Gasteiger partial charge on any atom is 0.197 e. The van der Waals surface area contributed by atoms with Crippen molar-refractivity contribution >= 4 is 28.2 Å². The molecule has 2 aliphatic heterocycles. The van der Waals surface area contributed by atoms with Gasteiger partial charge in [-0.3, -0.25) is 4.99 Å². The smallest absolute Gasteiger partial charge is 0.197 e. The number of thiazole rings is 1. The van der Waals surface area contributed by atoms with Crippen molar-refractivity contribution < 1.29 is 0 Å². The van der Waals surface area contributed by atoms with E-state index in [2.05, 4.69) is 37.0 Å². The van der Waals surface area contributed by atoms with Gasteiger partial charge in [0.15, 0.2) is 11.1 Å². The molecule has 4 heterocycles. The third-order valence-electron chi connectivity index (χ3n) is 4.35. The van der Waals surface area contributed by atoms with Crippen LogP contribution in [0.1, 0.15) is 25.7 Å². The first kappa shape index (κ1) is 15.4. The minimum atomic E-state index is 0.824. The highest BCUT2D eigenvalue weighted by molar-refractivity contribution is 7.14. The van der Waals surface area contributed by atoms with Crippen LogP contribution in [-0.2, 0) is 0 Å². The molecule has 4 rings (SSSR count). The molecular formula is C17H22N6S. The van der Waals surface area contributed by atoms with Crippen LogP contribution in [0.25, 0.3) is 11.3 Å². The zero-order chi connectivity index (χ0) is 16.2. The van der Waals surface area contributed by atoms with E-state index in [9.17, 15) is 0 Å². The number of aromatic nitrogens is 2. The van der Waals surface area contributed by atoms with Gasteiger partial charge in [-0.2, -0.15) is 0 Å². The molecule has 0 amide bonds. The van der Waals surface area contributed by atoms with Crippen molar-refractivity contribution in [3.8, 4) is 11.3 Å². The predicted molar refractivity (Wildman–Crippen MR) is 100.0 cm³/mol. The Hall–Kier alpha value is -2.15. The number of aliphatic imine (C=N–C) groups is 1. The first-order valence-corrected chi connectivity index (χ1v) is 9.49. The third-order valence-corrected chi connectivity index (χ3v) is 5.10. The predicted octanol–water partition coefficient (Wildman–Crippen LogP) is 2.96. The summed E-state index contributed by atoms with van der Waals surface area (Å²) in [5.74, 6) is 1.88. The highest BCUT2D eigenvalue weighted by Gasteiger charge is 2.18. The number of rotatable bonds is 3. The maximum absolute atomic E-state index is 4.75. The molecule has 126 valence electrons. The van der Waals surface area contributed by atoms with Crippen LogP contribution in [-0.4, -0.2) is 42.1 Å². The molecule has 0 aromatic carbocycles. The summed E-state index contributed by atoms with van der Waals surface area (Å²) < 4.78 is 0. The van der Waals surface area contributed by atoms with E-state index in [1.165, 1.54) is 19.3 Å². The molecule has 0 unspecified atom stereocenters. The zero-order valence-electron chi connectivity index (χ0n) is 13.7. The first-order chi connectivity index (χ1) is 11.9. The standard InChI is InChI=1S/C17H22N6S/c1-2-10-23(11-3-1)15-13(6-4-7-18-15)14-12-24-17(21-14)22-16-19-8-5-9-20-16/h4,6-7,12H,1-3,5,8-11H2,(H2,19,20,21,22). The number of hydrogen-bond donors (Lipinski definition) is 2. The van der Waals surface area contributed by atoms with E-state index in [4.69, 9.17) is 4.98 Å². The second-order valence-electron chi connectivity index (χ2n) is 6.10. The molecule has 2 N–H and O–H groups in total. The average Bonchev–Trinajstić information content (AvgIpc) is 3.12. The second-order valence-corrected chi connectivity index (χ2v) is 6.95.